The van der Waals surface area contributed by atoms with Crippen molar-refractivity contribution in [3.63, 3.8) is 0 Å². The first-order valence-electron chi connectivity index (χ1n) is 12.3. The predicted molar refractivity (Wildman–Crippen MR) is 128 cm³/mol. The summed E-state index contributed by atoms with van der Waals surface area (Å²) >= 11 is 0. The minimum atomic E-state index is -0.494. The van der Waals surface area contributed by atoms with Gasteiger partial charge in [-0.25, -0.2) is 0 Å². The van der Waals surface area contributed by atoms with Crippen LogP contribution in [0.5, 0.6) is 0 Å². The van der Waals surface area contributed by atoms with Gasteiger partial charge >= 0.3 is 5.97 Å². The molecule has 1 amide bonds. The van der Waals surface area contributed by atoms with E-state index < -0.39 is 5.41 Å². The van der Waals surface area contributed by atoms with Gasteiger partial charge in [0.25, 0.3) is 0 Å². The zero-order valence-electron chi connectivity index (χ0n) is 20.6. The standard InChI is InChI=1S/C26H49NO3/c1-6-7-8-9-10-11-12-13-14-15-16-17-18-19-20-21-24(28)27(5)22-23-30-25(29)26(2,3)4/h13-14H,6-12,15-23H2,1-5H3/b14-13-. The molecule has 0 aliphatic carbocycles. The van der Waals surface area contributed by atoms with Gasteiger partial charge in [0.05, 0.1) is 12.0 Å². The Balaban J connectivity index is 3.49. The van der Waals surface area contributed by atoms with Crippen LogP contribution in [0.15, 0.2) is 12.2 Å². The zero-order valence-corrected chi connectivity index (χ0v) is 20.6. The molecule has 0 aliphatic rings. The quantitative estimate of drug-likeness (QED) is 0.134. The van der Waals surface area contributed by atoms with Gasteiger partial charge in [-0.05, 0) is 52.9 Å². The van der Waals surface area contributed by atoms with E-state index in [1.807, 2.05) is 20.8 Å². The normalized spacial score (nSPS) is 11.8. The number of likely N-dealkylation sites (N-methyl/N-ethyl adjacent to an activating group) is 1. The molecule has 0 saturated heterocycles. The van der Waals surface area contributed by atoms with Crippen LogP contribution in [0.4, 0.5) is 0 Å². The second-order valence-electron chi connectivity index (χ2n) is 9.54. The SMILES string of the molecule is CCCCCCCC/C=C\CCCCCCCC(=O)N(C)CCOC(=O)C(C)(C)C. The largest absolute Gasteiger partial charge is 0.463 e. The van der Waals surface area contributed by atoms with E-state index in [0.717, 1.165) is 12.8 Å². The third kappa shape index (κ3) is 17.5. The van der Waals surface area contributed by atoms with E-state index >= 15 is 0 Å². The van der Waals surface area contributed by atoms with Crippen molar-refractivity contribution in [2.45, 2.75) is 118 Å². The number of esters is 1. The Morgan fingerprint density at radius 3 is 1.83 bits per heavy atom. The molecule has 0 rings (SSSR count). The van der Waals surface area contributed by atoms with Crippen LogP contribution in [-0.4, -0.2) is 37.0 Å². The van der Waals surface area contributed by atoms with Crippen molar-refractivity contribution in [1.82, 2.24) is 4.90 Å². The average Bonchev–Trinajstić information content (AvgIpc) is 2.69. The number of carbonyl (C=O) groups is 2. The van der Waals surface area contributed by atoms with Crippen molar-refractivity contribution in [2.24, 2.45) is 5.41 Å². The van der Waals surface area contributed by atoms with Crippen LogP contribution in [0.25, 0.3) is 0 Å². The number of ether oxygens (including phenoxy) is 1. The molecule has 4 heteroatoms. The summed E-state index contributed by atoms with van der Waals surface area (Å²) in [7, 11) is 1.78. The summed E-state index contributed by atoms with van der Waals surface area (Å²) in [6.07, 6.45) is 21.7. The van der Waals surface area contributed by atoms with Crippen LogP contribution in [0.1, 0.15) is 118 Å². The van der Waals surface area contributed by atoms with Crippen LogP contribution in [0.2, 0.25) is 0 Å². The monoisotopic (exact) mass is 423 g/mol. The summed E-state index contributed by atoms with van der Waals surface area (Å²) in [5.74, 6) is -0.0833. The van der Waals surface area contributed by atoms with Crippen LogP contribution >= 0.6 is 0 Å². The van der Waals surface area contributed by atoms with Gasteiger partial charge in [-0.1, -0.05) is 70.4 Å². The van der Waals surface area contributed by atoms with Crippen LogP contribution < -0.4 is 0 Å². The second-order valence-corrected chi connectivity index (χ2v) is 9.54. The van der Waals surface area contributed by atoms with E-state index in [9.17, 15) is 9.59 Å². The fourth-order valence-electron chi connectivity index (χ4n) is 3.15. The first-order valence-corrected chi connectivity index (χ1v) is 12.3. The van der Waals surface area contributed by atoms with E-state index in [0.29, 0.717) is 13.0 Å². The summed E-state index contributed by atoms with van der Waals surface area (Å²) in [5, 5.41) is 0. The molecular weight excluding hydrogens is 374 g/mol. The van der Waals surface area contributed by atoms with Gasteiger partial charge in [-0.3, -0.25) is 9.59 Å². The predicted octanol–water partition coefficient (Wildman–Crippen LogP) is 7.07. The highest BCUT2D eigenvalue weighted by atomic mass is 16.5. The van der Waals surface area contributed by atoms with Gasteiger partial charge < -0.3 is 9.64 Å². The Hall–Kier alpha value is -1.32. The molecule has 0 spiro atoms. The average molecular weight is 424 g/mol. The highest BCUT2D eigenvalue weighted by Crippen LogP contribution is 2.15. The Bertz CT molecular complexity index is 465. The lowest BCUT2D eigenvalue weighted by molar-refractivity contribution is -0.154. The van der Waals surface area contributed by atoms with Gasteiger partial charge in [0.15, 0.2) is 0 Å². The molecule has 0 bridgehead atoms. The Morgan fingerprint density at radius 2 is 1.30 bits per heavy atom. The van der Waals surface area contributed by atoms with Crippen molar-refractivity contribution in [3.8, 4) is 0 Å². The lowest BCUT2D eigenvalue weighted by Gasteiger charge is -2.20. The minimum Gasteiger partial charge on any atom is -0.463 e. The molecule has 0 atom stereocenters. The summed E-state index contributed by atoms with van der Waals surface area (Å²) in [5.41, 5.74) is -0.494. The first kappa shape index (κ1) is 28.7. The lowest BCUT2D eigenvalue weighted by atomic mass is 9.97. The smallest absolute Gasteiger partial charge is 0.311 e. The maximum absolute atomic E-state index is 12.1. The van der Waals surface area contributed by atoms with Gasteiger partial charge in [0.1, 0.15) is 6.61 Å². The summed E-state index contributed by atoms with van der Waals surface area (Å²) < 4.78 is 5.22. The van der Waals surface area contributed by atoms with Crippen LogP contribution in [0.3, 0.4) is 0 Å². The molecular formula is C26H49NO3. The molecule has 0 unspecified atom stereocenters. The van der Waals surface area contributed by atoms with Crippen molar-refractivity contribution < 1.29 is 14.3 Å². The fourth-order valence-corrected chi connectivity index (χ4v) is 3.15. The summed E-state index contributed by atoms with van der Waals surface area (Å²) in [4.78, 5) is 25.5. The fraction of sp³-hybridized carbons (Fsp3) is 0.846. The van der Waals surface area contributed by atoms with Crippen molar-refractivity contribution in [3.05, 3.63) is 12.2 Å². The number of carbonyl (C=O) groups excluding carboxylic acids is 2. The number of allylic oxidation sites excluding steroid dienone is 2. The van der Waals surface area contributed by atoms with E-state index in [2.05, 4.69) is 19.1 Å². The Morgan fingerprint density at radius 1 is 0.800 bits per heavy atom. The molecule has 4 nitrogen and oxygen atoms in total. The molecule has 30 heavy (non-hydrogen) atoms. The van der Waals surface area contributed by atoms with Crippen molar-refractivity contribution in [2.75, 3.05) is 20.2 Å². The number of hydrogen-bond donors (Lipinski definition) is 0. The number of hydrogen-bond acceptors (Lipinski definition) is 3. The number of rotatable bonds is 18. The van der Waals surface area contributed by atoms with Crippen LogP contribution in [-0.2, 0) is 14.3 Å². The molecule has 0 aromatic rings. The van der Waals surface area contributed by atoms with Crippen LogP contribution in [0, 0.1) is 5.41 Å². The third-order valence-corrected chi connectivity index (χ3v) is 5.35. The maximum atomic E-state index is 12.1. The molecule has 0 aliphatic heterocycles. The molecule has 0 aromatic carbocycles. The van der Waals surface area contributed by atoms with Crippen molar-refractivity contribution >= 4 is 11.9 Å². The highest BCUT2D eigenvalue weighted by molar-refractivity contribution is 5.76. The van der Waals surface area contributed by atoms with Gasteiger partial charge in [0, 0.05) is 13.5 Å². The molecule has 0 aromatic heterocycles. The van der Waals surface area contributed by atoms with E-state index in [1.54, 1.807) is 11.9 Å². The molecule has 176 valence electrons. The topological polar surface area (TPSA) is 46.6 Å². The number of nitrogens with zero attached hydrogens (tertiary/aromatic N) is 1. The molecule has 0 N–H and O–H groups in total. The maximum Gasteiger partial charge on any atom is 0.311 e. The minimum absolute atomic E-state index is 0.138. The van der Waals surface area contributed by atoms with Gasteiger partial charge in [0.2, 0.25) is 5.91 Å². The Labute approximate surface area is 186 Å². The van der Waals surface area contributed by atoms with Gasteiger partial charge in [-0.2, -0.15) is 0 Å². The molecule has 0 fully saturated rings. The second kappa shape index (κ2) is 18.4. The zero-order chi connectivity index (χ0) is 22.7. The Kier molecular flexibility index (Phi) is 17.6. The van der Waals surface area contributed by atoms with E-state index in [-0.39, 0.29) is 18.5 Å². The van der Waals surface area contributed by atoms with E-state index in [4.69, 9.17) is 4.74 Å². The molecule has 0 saturated carbocycles. The van der Waals surface area contributed by atoms with E-state index in [1.165, 1.54) is 70.6 Å². The summed E-state index contributed by atoms with van der Waals surface area (Å²) in [6.45, 7) is 8.49. The molecule has 0 heterocycles. The number of amides is 1. The number of unbranched alkanes of at least 4 members (excludes halogenated alkanes) is 11. The first-order chi connectivity index (χ1) is 14.3. The lowest BCUT2D eigenvalue weighted by Crippen LogP contribution is -2.32. The van der Waals surface area contributed by atoms with Gasteiger partial charge in [-0.15, -0.1) is 0 Å². The highest BCUT2D eigenvalue weighted by Gasteiger charge is 2.23. The third-order valence-electron chi connectivity index (χ3n) is 5.35. The molecule has 0 radical (unpaired) electrons. The van der Waals surface area contributed by atoms with Crippen molar-refractivity contribution in [1.29, 1.82) is 0 Å². The summed E-state index contributed by atoms with van der Waals surface area (Å²) in [6, 6.07) is 0.